The van der Waals surface area contributed by atoms with E-state index in [1.165, 1.54) is 6.07 Å². The molecule has 0 radical (unpaired) electrons. The van der Waals surface area contributed by atoms with Crippen molar-refractivity contribution in [1.29, 1.82) is 0 Å². The molecule has 0 aliphatic heterocycles. The Morgan fingerprint density at radius 3 is 2.81 bits per heavy atom. The highest BCUT2D eigenvalue weighted by Crippen LogP contribution is 2.23. The molecule has 8 heteroatoms. The van der Waals surface area contributed by atoms with Crippen molar-refractivity contribution in [3.63, 3.8) is 0 Å². The van der Waals surface area contributed by atoms with Gasteiger partial charge in [-0.25, -0.2) is 4.79 Å². The van der Waals surface area contributed by atoms with E-state index in [0.29, 0.717) is 0 Å². The Bertz CT molecular complexity index is 1010. The second-order valence-electron chi connectivity index (χ2n) is 5.70. The van der Waals surface area contributed by atoms with Crippen LogP contribution >= 0.6 is 0 Å². The van der Waals surface area contributed by atoms with Gasteiger partial charge >= 0.3 is 5.97 Å². The normalized spacial score (nSPS) is 12.5. The molecule has 0 aliphatic carbocycles. The largest absolute Gasteiger partial charge is 0.507 e. The number of rotatable bonds is 6. The van der Waals surface area contributed by atoms with Crippen LogP contribution in [-0.2, 0) is 11.2 Å². The zero-order valence-electron chi connectivity index (χ0n) is 13.5. The number of non-ortho nitro benzene ring substituents is 1. The number of benzene rings is 2. The topological polar surface area (TPSA) is 129 Å². The highest BCUT2D eigenvalue weighted by molar-refractivity contribution is 5.88. The minimum atomic E-state index is -1.13. The lowest BCUT2D eigenvalue weighted by Gasteiger charge is -2.07. The molecular formula is C18H15N3O5. The van der Waals surface area contributed by atoms with Crippen LogP contribution in [0.4, 0.5) is 5.69 Å². The molecule has 1 atom stereocenters. The SMILES string of the molecule is O=C(O)C(Cc1c[nH]c2ccccc12)N=Cc1cc([N+](=O)[O-])ccc1O. The lowest BCUT2D eigenvalue weighted by Crippen LogP contribution is -2.20. The van der Waals surface area contributed by atoms with Gasteiger partial charge in [-0.1, -0.05) is 18.2 Å². The van der Waals surface area contributed by atoms with E-state index in [2.05, 4.69) is 9.98 Å². The molecule has 26 heavy (non-hydrogen) atoms. The van der Waals surface area contributed by atoms with Crippen molar-refractivity contribution in [1.82, 2.24) is 4.98 Å². The van der Waals surface area contributed by atoms with Crippen molar-refractivity contribution in [3.05, 3.63) is 69.9 Å². The van der Waals surface area contributed by atoms with Gasteiger partial charge in [-0.2, -0.15) is 0 Å². The number of nitro groups is 1. The molecule has 3 aromatic rings. The predicted molar refractivity (Wildman–Crippen MR) is 95.8 cm³/mol. The molecule has 1 unspecified atom stereocenters. The minimum absolute atomic E-state index is 0.0874. The lowest BCUT2D eigenvalue weighted by molar-refractivity contribution is -0.384. The summed E-state index contributed by atoms with van der Waals surface area (Å²) in [6.45, 7) is 0. The molecule has 0 saturated carbocycles. The van der Waals surface area contributed by atoms with Crippen LogP contribution in [0.25, 0.3) is 10.9 Å². The van der Waals surface area contributed by atoms with Gasteiger partial charge in [0.25, 0.3) is 5.69 Å². The van der Waals surface area contributed by atoms with E-state index < -0.39 is 16.9 Å². The molecule has 132 valence electrons. The second kappa shape index (κ2) is 7.06. The standard InChI is InChI=1S/C18H15N3O5/c22-17-6-5-13(21(25)26)7-12(17)10-20-16(18(23)24)8-11-9-19-15-4-2-1-3-14(11)15/h1-7,9-10,16,19,22H,8H2,(H,23,24). The second-order valence-corrected chi connectivity index (χ2v) is 5.70. The maximum absolute atomic E-state index is 11.5. The molecule has 3 rings (SSSR count). The average Bonchev–Trinajstić information content (AvgIpc) is 3.02. The summed E-state index contributed by atoms with van der Waals surface area (Å²) in [5.41, 5.74) is 1.57. The number of hydrogen-bond acceptors (Lipinski definition) is 5. The maximum atomic E-state index is 11.5. The van der Waals surface area contributed by atoms with Gasteiger partial charge in [-0.3, -0.25) is 15.1 Å². The summed E-state index contributed by atoms with van der Waals surface area (Å²) >= 11 is 0. The lowest BCUT2D eigenvalue weighted by atomic mass is 10.1. The first-order valence-electron chi connectivity index (χ1n) is 7.74. The van der Waals surface area contributed by atoms with E-state index in [-0.39, 0.29) is 23.4 Å². The molecule has 0 fully saturated rings. The van der Waals surface area contributed by atoms with Crippen LogP contribution in [0.15, 0.2) is 53.7 Å². The third kappa shape index (κ3) is 3.54. The molecule has 0 bridgehead atoms. The van der Waals surface area contributed by atoms with Gasteiger partial charge in [0.05, 0.1) is 4.92 Å². The average molecular weight is 353 g/mol. The first-order valence-corrected chi connectivity index (χ1v) is 7.74. The summed E-state index contributed by atoms with van der Waals surface area (Å²) in [7, 11) is 0. The van der Waals surface area contributed by atoms with E-state index in [1.54, 1.807) is 6.20 Å². The van der Waals surface area contributed by atoms with E-state index in [1.807, 2.05) is 24.3 Å². The van der Waals surface area contributed by atoms with Gasteiger partial charge in [0.1, 0.15) is 5.75 Å². The number of aromatic nitrogens is 1. The summed E-state index contributed by atoms with van der Waals surface area (Å²) in [5.74, 6) is -1.34. The van der Waals surface area contributed by atoms with Crippen molar-refractivity contribution in [2.75, 3.05) is 0 Å². The fourth-order valence-corrected chi connectivity index (χ4v) is 2.64. The Morgan fingerprint density at radius 1 is 1.31 bits per heavy atom. The zero-order chi connectivity index (χ0) is 18.7. The number of nitro benzene ring substituents is 1. The molecule has 2 aromatic carbocycles. The Kier molecular flexibility index (Phi) is 4.66. The van der Waals surface area contributed by atoms with E-state index in [0.717, 1.165) is 34.8 Å². The van der Waals surface area contributed by atoms with E-state index in [4.69, 9.17) is 0 Å². The Morgan fingerprint density at radius 2 is 2.08 bits per heavy atom. The fraction of sp³-hybridized carbons (Fsp3) is 0.111. The number of nitrogens with zero attached hydrogens (tertiary/aromatic N) is 2. The summed E-state index contributed by atoms with van der Waals surface area (Å²) in [5, 5.41) is 31.0. The zero-order valence-corrected chi connectivity index (χ0v) is 13.5. The molecule has 0 aliphatic rings. The molecule has 1 aromatic heterocycles. The van der Waals surface area contributed by atoms with E-state index >= 15 is 0 Å². The van der Waals surface area contributed by atoms with Crippen LogP contribution in [0.1, 0.15) is 11.1 Å². The van der Waals surface area contributed by atoms with Crippen molar-refractivity contribution in [3.8, 4) is 5.75 Å². The predicted octanol–water partition coefficient (Wildman–Crippen LogP) is 2.90. The van der Waals surface area contributed by atoms with Crippen LogP contribution in [0.5, 0.6) is 5.75 Å². The molecule has 0 spiro atoms. The monoisotopic (exact) mass is 353 g/mol. The summed E-state index contributed by atoms with van der Waals surface area (Å²) in [4.78, 5) is 28.9. The van der Waals surface area contributed by atoms with Crippen molar-refractivity contribution < 1.29 is 19.9 Å². The number of aliphatic carboxylic acids is 1. The number of carboxylic acids is 1. The smallest absolute Gasteiger partial charge is 0.328 e. The van der Waals surface area contributed by atoms with Gasteiger partial charge in [-0.15, -0.1) is 0 Å². The summed E-state index contributed by atoms with van der Waals surface area (Å²) in [6, 6.07) is 9.90. The van der Waals surface area contributed by atoms with Gasteiger partial charge in [0.2, 0.25) is 0 Å². The van der Waals surface area contributed by atoms with Gasteiger partial charge < -0.3 is 15.2 Å². The van der Waals surface area contributed by atoms with Crippen LogP contribution in [0.2, 0.25) is 0 Å². The third-order valence-corrected chi connectivity index (χ3v) is 3.99. The number of H-pyrrole nitrogens is 1. The van der Waals surface area contributed by atoms with Crippen LogP contribution in [0.3, 0.4) is 0 Å². The quantitative estimate of drug-likeness (QED) is 0.356. The first kappa shape index (κ1) is 17.2. The van der Waals surface area contributed by atoms with Gasteiger partial charge in [0, 0.05) is 47.4 Å². The summed E-state index contributed by atoms with van der Waals surface area (Å²) < 4.78 is 0. The third-order valence-electron chi connectivity index (χ3n) is 3.99. The number of hydrogen-bond donors (Lipinski definition) is 3. The molecule has 0 amide bonds. The van der Waals surface area contributed by atoms with Gasteiger partial charge in [-0.05, 0) is 17.7 Å². The number of aliphatic imine (C=N–C) groups is 1. The first-order chi connectivity index (χ1) is 12.5. The van der Waals surface area contributed by atoms with Gasteiger partial charge in [0.15, 0.2) is 6.04 Å². The Hall–Kier alpha value is -3.68. The van der Waals surface area contributed by atoms with E-state index in [9.17, 15) is 25.1 Å². The van der Waals surface area contributed by atoms with Crippen molar-refractivity contribution >= 4 is 28.8 Å². The number of carboxylic acid groups (broad SMARTS) is 1. The number of aromatic hydroxyl groups is 1. The Balaban J connectivity index is 1.87. The number of phenolic OH excluding ortho intramolecular Hbond substituents is 1. The number of fused-ring (bicyclic) bond motifs is 1. The highest BCUT2D eigenvalue weighted by Gasteiger charge is 2.18. The number of phenols is 1. The van der Waals surface area contributed by atoms with Crippen molar-refractivity contribution in [2.45, 2.75) is 12.5 Å². The molecule has 3 N–H and O–H groups in total. The Labute approximate surface area is 147 Å². The number of nitrogens with one attached hydrogen (secondary N) is 1. The molecule has 1 heterocycles. The van der Waals surface area contributed by atoms with Crippen molar-refractivity contribution in [2.24, 2.45) is 4.99 Å². The highest BCUT2D eigenvalue weighted by atomic mass is 16.6. The molecular weight excluding hydrogens is 338 g/mol. The number of carbonyl (C=O) groups is 1. The number of para-hydroxylation sites is 1. The molecule has 8 nitrogen and oxygen atoms in total. The van der Waals surface area contributed by atoms with Crippen LogP contribution in [0, 0.1) is 10.1 Å². The van der Waals surface area contributed by atoms with Crippen LogP contribution < -0.4 is 0 Å². The number of aromatic amines is 1. The fourth-order valence-electron chi connectivity index (χ4n) is 2.64. The van der Waals surface area contributed by atoms with Crippen LogP contribution in [-0.4, -0.2) is 38.3 Å². The molecule has 0 saturated heterocycles. The summed E-state index contributed by atoms with van der Waals surface area (Å²) in [6.07, 6.45) is 3.03. The maximum Gasteiger partial charge on any atom is 0.328 e. The minimum Gasteiger partial charge on any atom is -0.507 e.